The van der Waals surface area contributed by atoms with Crippen LogP contribution in [-0.2, 0) is 14.3 Å². The molecule has 0 aromatic heterocycles. The van der Waals surface area contributed by atoms with Crippen molar-refractivity contribution in [3.05, 3.63) is 29.8 Å². The fraction of sp³-hybridized carbons (Fsp3) is 0.500. The lowest BCUT2D eigenvalue weighted by Gasteiger charge is -2.16. The number of methoxy groups -OCH3 is 1. The molecule has 2 N–H and O–H groups in total. The topological polar surface area (TPSA) is 84.5 Å². The quantitative estimate of drug-likeness (QED) is 0.493. The number of carbonyl (C=O) groups excluding carboxylic acids is 3. The van der Waals surface area contributed by atoms with Gasteiger partial charge in [0.25, 0.3) is 0 Å². The van der Waals surface area contributed by atoms with Gasteiger partial charge in [-0.1, -0.05) is 25.7 Å². The van der Waals surface area contributed by atoms with Crippen molar-refractivity contribution >= 4 is 23.5 Å². The number of anilines is 1. The van der Waals surface area contributed by atoms with Gasteiger partial charge in [0, 0.05) is 11.7 Å². The van der Waals surface area contributed by atoms with Crippen molar-refractivity contribution in [2.45, 2.75) is 51.0 Å². The second-order valence-corrected chi connectivity index (χ2v) is 6.05. The molecule has 130 valence electrons. The molecule has 1 saturated carbocycles. The lowest BCUT2D eigenvalue weighted by molar-refractivity contribution is -0.127. The van der Waals surface area contributed by atoms with Crippen LogP contribution in [-0.4, -0.2) is 30.9 Å². The molecule has 6 heteroatoms. The first-order valence-corrected chi connectivity index (χ1v) is 8.36. The molecule has 1 fully saturated rings. The third-order valence-electron chi connectivity index (χ3n) is 4.13. The van der Waals surface area contributed by atoms with E-state index >= 15 is 0 Å². The van der Waals surface area contributed by atoms with Gasteiger partial charge < -0.3 is 15.4 Å². The van der Waals surface area contributed by atoms with E-state index in [0.29, 0.717) is 11.3 Å². The van der Waals surface area contributed by atoms with Crippen LogP contribution in [0.4, 0.5) is 5.69 Å². The van der Waals surface area contributed by atoms with Gasteiger partial charge in [0.15, 0.2) is 0 Å². The van der Waals surface area contributed by atoms with Gasteiger partial charge in [-0.15, -0.1) is 0 Å². The summed E-state index contributed by atoms with van der Waals surface area (Å²) in [6.07, 6.45) is 6.47. The first-order valence-electron chi connectivity index (χ1n) is 8.36. The summed E-state index contributed by atoms with van der Waals surface area (Å²) in [5.74, 6) is -1.05. The normalized spacial score (nSPS) is 15.2. The predicted molar refractivity (Wildman–Crippen MR) is 90.7 cm³/mol. The van der Waals surface area contributed by atoms with Crippen LogP contribution in [0.2, 0.25) is 0 Å². The van der Waals surface area contributed by atoms with E-state index in [2.05, 4.69) is 15.4 Å². The van der Waals surface area contributed by atoms with Crippen LogP contribution < -0.4 is 10.6 Å². The first kappa shape index (κ1) is 18.0. The van der Waals surface area contributed by atoms with Gasteiger partial charge >= 0.3 is 5.97 Å². The van der Waals surface area contributed by atoms with Gasteiger partial charge in [0.05, 0.1) is 12.7 Å². The van der Waals surface area contributed by atoms with E-state index in [1.165, 1.54) is 20.0 Å². The van der Waals surface area contributed by atoms with E-state index in [1.54, 1.807) is 24.3 Å². The molecular formula is C18H24N2O4. The maximum Gasteiger partial charge on any atom is 0.337 e. The SMILES string of the molecule is COC(=O)c1ccc(NC(=O)CC(=O)NC2CCCCCC2)cc1. The zero-order chi connectivity index (χ0) is 17.4. The second-order valence-electron chi connectivity index (χ2n) is 6.05. The second kappa shape index (κ2) is 9.05. The molecule has 0 radical (unpaired) electrons. The number of rotatable bonds is 5. The van der Waals surface area contributed by atoms with Gasteiger partial charge in [0.1, 0.15) is 6.42 Å². The van der Waals surface area contributed by atoms with Crippen LogP contribution in [0.25, 0.3) is 0 Å². The highest BCUT2D eigenvalue weighted by molar-refractivity contribution is 6.03. The molecule has 0 unspecified atom stereocenters. The summed E-state index contributed by atoms with van der Waals surface area (Å²) in [6, 6.07) is 6.52. The molecule has 0 heterocycles. The van der Waals surface area contributed by atoms with Gasteiger partial charge in [-0.2, -0.15) is 0 Å². The minimum atomic E-state index is -0.435. The number of hydrogen-bond donors (Lipinski definition) is 2. The summed E-state index contributed by atoms with van der Waals surface area (Å²) < 4.78 is 4.61. The number of amides is 2. The smallest absolute Gasteiger partial charge is 0.337 e. The van der Waals surface area contributed by atoms with E-state index in [0.717, 1.165) is 25.7 Å². The molecule has 1 aliphatic carbocycles. The molecule has 6 nitrogen and oxygen atoms in total. The van der Waals surface area contributed by atoms with Gasteiger partial charge in [-0.3, -0.25) is 9.59 Å². The van der Waals surface area contributed by atoms with Crippen molar-refractivity contribution < 1.29 is 19.1 Å². The lowest BCUT2D eigenvalue weighted by Crippen LogP contribution is -2.36. The van der Waals surface area contributed by atoms with Crippen molar-refractivity contribution in [3.63, 3.8) is 0 Å². The summed E-state index contributed by atoms with van der Waals surface area (Å²) in [7, 11) is 1.31. The molecule has 1 aromatic carbocycles. The third kappa shape index (κ3) is 5.68. The fourth-order valence-corrected chi connectivity index (χ4v) is 2.86. The van der Waals surface area contributed by atoms with E-state index in [1.807, 2.05) is 0 Å². The molecule has 2 amide bonds. The highest BCUT2D eigenvalue weighted by Crippen LogP contribution is 2.17. The molecule has 2 rings (SSSR count). The molecule has 0 spiro atoms. The van der Waals surface area contributed by atoms with Crippen LogP contribution in [0.15, 0.2) is 24.3 Å². The van der Waals surface area contributed by atoms with Crippen molar-refractivity contribution in [3.8, 4) is 0 Å². The minimum absolute atomic E-state index is 0.187. The Bertz CT molecular complexity index is 575. The predicted octanol–water partition coefficient (Wildman–Crippen LogP) is 2.64. The van der Waals surface area contributed by atoms with Crippen molar-refractivity contribution in [1.29, 1.82) is 0 Å². The number of carbonyl (C=O) groups is 3. The summed E-state index contributed by atoms with van der Waals surface area (Å²) in [5.41, 5.74) is 0.941. The number of ether oxygens (including phenoxy) is 1. The molecule has 0 saturated heterocycles. The number of nitrogens with one attached hydrogen (secondary N) is 2. The van der Waals surface area contributed by atoms with Crippen LogP contribution in [0.3, 0.4) is 0 Å². The lowest BCUT2D eigenvalue weighted by atomic mass is 10.1. The van der Waals surface area contributed by atoms with Crippen molar-refractivity contribution in [2.24, 2.45) is 0 Å². The average molecular weight is 332 g/mol. The maximum atomic E-state index is 12.0. The Labute approximate surface area is 142 Å². The molecule has 1 aromatic rings. The number of esters is 1. The Kier molecular flexibility index (Phi) is 6.78. The fourth-order valence-electron chi connectivity index (χ4n) is 2.86. The minimum Gasteiger partial charge on any atom is -0.465 e. The molecule has 1 aliphatic rings. The van der Waals surface area contributed by atoms with Gasteiger partial charge in [-0.25, -0.2) is 4.79 Å². The van der Waals surface area contributed by atoms with Crippen molar-refractivity contribution in [1.82, 2.24) is 5.32 Å². The molecule has 0 bridgehead atoms. The van der Waals surface area contributed by atoms with Crippen LogP contribution in [0.5, 0.6) is 0 Å². The van der Waals surface area contributed by atoms with E-state index in [9.17, 15) is 14.4 Å². The third-order valence-corrected chi connectivity index (χ3v) is 4.13. The molecule has 0 aliphatic heterocycles. The van der Waals surface area contributed by atoms with Crippen LogP contribution >= 0.6 is 0 Å². The summed E-state index contributed by atoms with van der Waals surface area (Å²) >= 11 is 0. The average Bonchev–Trinajstić information content (AvgIpc) is 2.83. The highest BCUT2D eigenvalue weighted by Gasteiger charge is 2.17. The Morgan fingerprint density at radius 1 is 1.00 bits per heavy atom. The Balaban J connectivity index is 1.79. The zero-order valence-electron chi connectivity index (χ0n) is 14.0. The van der Waals surface area contributed by atoms with E-state index in [-0.39, 0.29) is 24.3 Å². The largest absolute Gasteiger partial charge is 0.465 e. The standard InChI is InChI=1S/C18H24N2O4/c1-24-18(23)13-8-10-15(11-9-13)20-17(22)12-16(21)19-14-6-4-2-3-5-7-14/h8-11,14H,2-7,12H2,1H3,(H,19,21)(H,20,22). The van der Waals surface area contributed by atoms with Crippen molar-refractivity contribution in [2.75, 3.05) is 12.4 Å². The molecule has 0 atom stereocenters. The Morgan fingerprint density at radius 2 is 1.62 bits per heavy atom. The molecular weight excluding hydrogens is 308 g/mol. The summed E-state index contributed by atoms with van der Waals surface area (Å²) in [4.78, 5) is 35.3. The maximum absolute atomic E-state index is 12.0. The van der Waals surface area contributed by atoms with Crippen LogP contribution in [0, 0.1) is 0 Å². The molecule has 24 heavy (non-hydrogen) atoms. The van der Waals surface area contributed by atoms with Crippen LogP contribution in [0.1, 0.15) is 55.3 Å². The Hall–Kier alpha value is -2.37. The summed E-state index contributed by atoms with van der Waals surface area (Å²) in [6.45, 7) is 0. The Morgan fingerprint density at radius 3 is 2.21 bits per heavy atom. The number of hydrogen-bond acceptors (Lipinski definition) is 4. The van der Waals surface area contributed by atoms with Gasteiger partial charge in [0.2, 0.25) is 11.8 Å². The first-order chi connectivity index (χ1) is 11.6. The summed E-state index contributed by atoms with van der Waals surface area (Å²) in [5, 5.41) is 5.60. The zero-order valence-corrected chi connectivity index (χ0v) is 14.0. The van der Waals surface area contributed by atoms with Gasteiger partial charge in [-0.05, 0) is 37.1 Å². The monoisotopic (exact) mass is 332 g/mol. The highest BCUT2D eigenvalue weighted by atomic mass is 16.5. The number of benzene rings is 1. The van der Waals surface area contributed by atoms with E-state index < -0.39 is 5.97 Å². The van der Waals surface area contributed by atoms with E-state index in [4.69, 9.17) is 0 Å².